The molecule has 0 heterocycles. The summed E-state index contributed by atoms with van der Waals surface area (Å²) < 4.78 is 28.5. The zero-order valence-electron chi connectivity index (χ0n) is 15.6. The molecule has 142 valence electrons. The maximum absolute atomic E-state index is 12.9. The van der Waals surface area contributed by atoms with E-state index in [0.29, 0.717) is 11.8 Å². The van der Waals surface area contributed by atoms with E-state index in [-0.39, 0.29) is 10.9 Å². The number of rotatable bonds is 5. The number of sulfonamides is 1. The number of benzene rings is 2. The Kier molecular flexibility index (Phi) is 5.04. The first-order valence-corrected chi connectivity index (χ1v) is 11.2. The first-order chi connectivity index (χ1) is 13.0. The van der Waals surface area contributed by atoms with Crippen molar-refractivity contribution in [3.8, 4) is 0 Å². The van der Waals surface area contributed by atoms with Gasteiger partial charge in [-0.1, -0.05) is 55.0 Å². The Morgan fingerprint density at radius 3 is 2.26 bits per heavy atom. The monoisotopic (exact) mass is 382 g/mol. The van der Waals surface area contributed by atoms with Gasteiger partial charge in [0.05, 0.1) is 10.9 Å². The van der Waals surface area contributed by atoms with Crippen molar-refractivity contribution < 1.29 is 8.42 Å². The molecular formula is C22H26N2O2S. The third-order valence-electron chi connectivity index (χ3n) is 6.08. The van der Waals surface area contributed by atoms with Crippen LogP contribution in [0, 0.1) is 17.8 Å². The molecule has 4 atom stereocenters. The lowest BCUT2D eigenvalue weighted by Crippen LogP contribution is -2.34. The van der Waals surface area contributed by atoms with E-state index >= 15 is 0 Å². The molecule has 4 nitrogen and oxygen atoms in total. The molecule has 0 amide bonds. The van der Waals surface area contributed by atoms with Gasteiger partial charge in [0, 0.05) is 5.56 Å². The Balaban J connectivity index is 1.63. The molecule has 2 bridgehead atoms. The minimum Gasteiger partial charge on any atom is -0.264 e. The first kappa shape index (κ1) is 18.2. The van der Waals surface area contributed by atoms with Crippen molar-refractivity contribution in [1.82, 2.24) is 4.72 Å². The molecule has 2 fully saturated rings. The average Bonchev–Trinajstić information content (AvgIpc) is 3.32. The minimum absolute atomic E-state index is 0.106. The van der Waals surface area contributed by atoms with Crippen LogP contribution >= 0.6 is 0 Å². The van der Waals surface area contributed by atoms with Crippen LogP contribution in [0.4, 0.5) is 0 Å². The molecule has 27 heavy (non-hydrogen) atoms. The van der Waals surface area contributed by atoms with Crippen LogP contribution in [0.15, 0.2) is 70.6 Å². The third-order valence-corrected chi connectivity index (χ3v) is 7.43. The summed E-state index contributed by atoms with van der Waals surface area (Å²) >= 11 is 0. The molecule has 0 aromatic heterocycles. The van der Waals surface area contributed by atoms with E-state index in [1.807, 2.05) is 36.4 Å². The molecule has 2 aliphatic carbocycles. The van der Waals surface area contributed by atoms with Gasteiger partial charge in [0.25, 0.3) is 10.0 Å². The summed E-state index contributed by atoms with van der Waals surface area (Å²) in [6.45, 7) is 2.13. The molecule has 0 aliphatic heterocycles. The largest absolute Gasteiger partial charge is 0.264 e. The average molecular weight is 383 g/mol. The van der Waals surface area contributed by atoms with E-state index < -0.39 is 10.0 Å². The Labute approximate surface area is 161 Å². The second-order valence-corrected chi connectivity index (χ2v) is 9.52. The summed E-state index contributed by atoms with van der Waals surface area (Å²) in [6, 6.07) is 18.1. The van der Waals surface area contributed by atoms with E-state index in [2.05, 4.69) is 11.6 Å². The number of aliphatic imine (C=N–C) groups is 1. The van der Waals surface area contributed by atoms with Gasteiger partial charge in [0.1, 0.15) is 5.84 Å². The molecule has 4 rings (SSSR count). The second kappa shape index (κ2) is 7.47. The topological polar surface area (TPSA) is 58.5 Å². The maximum atomic E-state index is 12.9. The number of hydrogen-bond donors (Lipinski definition) is 1. The van der Waals surface area contributed by atoms with Crippen LogP contribution < -0.4 is 4.72 Å². The van der Waals surface area contributed by atoms with Crippen molar-refractivity contribution in [1.29, 1.82) is 0 Å². The van der Waals surface area contributed by atoms with Crippen LogP contribution in [0.25, 0.3) is 0 Å². The zero-order chi connectivity index (χ0) is 18.9. The highest BCUT2D eigenvalue weighted by molar-refractivity contribution is 7.90. The molecular weight excluding hydrogens is 356 g/mol. The third kappa shape index (κ3) is 3.93. The van der Waals surface area contributed by atoms with Crippen LogP contribution in [0.5, 0.6) is 0 Å². The summed E-state index contributed by atoms with van der Waals surface area (Å²) in [7, 11) is -3.67. The van der Waals surface area contributed by atoms with Gasteiger partial charge < -0.3 is 0 Å². The van der Waals surface area contributed by atoms with Gasteiger partial charge in [0.2, 0.25) is 0 Å². The van der Waals surface area contributed by atoms with E-state index in [4.69, 9.17) is 4.99 Å². The molecule has 0 unspecified atom stereocenters. The fourth-order valence-electron chi connectivity index (χ4n) is 4.73. The van der Waals surface area contributed by atoms with Crippen LogP contribution in [-0.2, 0) is 10.0 Å². The molecule has 0 saturated heterocycles. The summed E-state index contributed by atoms with van der Waals surface area (Å²) in [5.41, 5.74) is 0.798. The Morgan fingerprint density at radius 1 is 1.00 bits per heavy atom. The lowest BCUT2D eigenvalue weighted by molar-refractivity contribution is 0.294. The van der Waals surface area contributed by atoms with Crippen LogP contribution in [0.3, 0.4) is 0 Å². The number of fused-ring (bicyclic) bond motifs is 2. The fraction of sp³-hybridized carbons (Fsp3) is 0.409. The number of nitrogens with zero attached hydrogens (tertiary/aromatic N) is 1. The van der Waals surface area contributed by atoms with E-state index in [0.717, 1.165) is 17.4 Å². The van der Waals surface area contributed by atoms with Crippen molar-refractivity contribution in [2.24, 2.45) is 22.7 Å². The van der Waals surface area contributed by atoms with Gasteiger partial charge in [-0.3, -0.25) is 9.71 Å². The van der Waals surface area contributed by atoms with Gasteiger partial charge in [-0.25, -0.2) is 8.42 Å². The molecule has 2 aromatic carbocycles. The van der Waals surface area contributed by atoms with Crippen molar-refractivity contribution in [3.05, 3.63) is 66.2 Å². The van der Waals surface area contributed by atoms with E-state index in [1.165, 1.54) is 25.7 Å². The predicted octanol–water partition coefficient (Wildman–Crippen LogP) is 4.24. The predicted molar refractivity (Wildman–Crippen MR) is 108 cm³/mol. The summed E-state index contributed by atoms with van der Waals surface area (Å²) in [4.78, 5) is 5.14. The zero-order valence-corrected chi connectivity index (χ0v) is 16.4. The highest BCUT2D eigenvalue weighted by Gasteiger charge is 2.42. The minimum atomic E-state index is -3.67. The quantitative estimate of drug-likeness (QED) is 0.621. The van der Waals surface area contributed by atoms with E-state index in [1.54, 1.807) is 24.3 Å². The maximum Gasteiger partial charge on any atom is 0.263 e. The summed E-state index contributed by atoms with van der Waals surface area (Å²) in [5.74, 6) is 2.59. The molecule has 0 spiro atoms. The summed E-state index contributed by atoms with van der Waals surface area (Å²) in [5, 5.41) is 0. The number of nitrogens with one attached hydrogen (secondary N) is 1. The van der Waals surface area contributed by atoms with Crippen LogP contribution in [-0.4, -0.2) is 20.3 Å². The Bertz CT molecular complexity index is 910. The standard InChI is InChI=1S/C22H26N2O2S/c1-16(21-15-17-12-13-19(21)14-17)23-22(18-8-4-2-5-9-18)24-27(25,26)20-10-6-3-7-11-20/h2-11,16-17,19,21H,12-15H2,1H3,(H,23,24)/t16-,17-,19-,21+/m0/s1. The van der Waals surface area contributed by atoms with Gasteiger partial charge in [-0.2, -0.15) is 0 Å². The van der Waals surface area contributed by atoms with Gasteiger partial charge in [-0.05, 0) is 56.1 Å². The van der Waals surface area contributed by atoms with Crippen molar-refractivity contribution in [2.45, 2.75) is 43.5 Å². The van der Waals surface area contributed by atoms with E-state index in [9.17, 15) is 8.42 Å². The Morgan fingerprint density at radius 2 is 1.67 bits per heavy atom. The smallest absolute Gasteiger partial charge is 0.263 e. The van der Waals surface area contributed by atoms with Crippen molar-refractivity contribution in [3.63, 3.8) is 0 Å². The molecule has 2 aliphatic rings. The first-order valence-electron chi connectivity index (χ1n) is 9.74. The van der Waals surface area contributed by atoms with Crippen molar-refractivity contribution in [2.75, 3.05) is 0 Å². The molecule has 1 N–H and O–H groups in total. The van der Waals surface area contributed by atoms with Crippen LogP contribution in [0.2, 0.25) is 0 Å². The fourth-order valence-corrected chi connectivity index (χ4v) is 5.78. The lowest BCUT2D eigenvalue weighted by atomic mass is 9.84. The molecule has 2 aromatic rings. The highest BCUT2D eigenvalue weighted by Crippen LogP contribution is 2.50. The Hall–Kier alpha value is -2.14. The van der Waals surface area contributed by atoms with Crippen molar-refractivity contribution >= 4 is 15.9 Å². The SMILES string of the molecule is C[C@H](N=C(NS(=O)(=O)c1ccccc1)c1ccccc1)[C@H]1C[C@H]2CC[C@H]1C2. The molecule has 5 heteroatoms. The van der Waals surface area contributed by atoms with Crippen LogP contribution in [0.1, 0.15) is 38.2 Å². The summed E-state index contributed by atoms with van der Waals surface area (Å²) in [6.07, 6.45) is 5.19. The number of amidine groups is 1. The van der Waals surface area contributed by atoms with Gasteiger partial charge in [-0.15, -0.1) is 0 Å². The number of hydrogen-bond acceptors (Lipinski definition) is 3. The second-order valence-electron chi connectivity index (χ2n) is 7.84. The normalized spacial score (nSPS) is 26.1. The van der Waals surface area contributed by atoms with Gasteiger partial charge >= 0.3 is 0 Å². The van der Waals surface area contributed by atoms with Gasteiger partial charge in [0.15, 0.2) is 0 Å². The molecule has 2 saturated carbocycles. The highest BCUT2D eigenvalue weighted by atomic mass is 32.2. The lowest BCUT2D eigenvalue weighted by Gasteiger charge is -2.26. The molecule has 0 radical (unpaired) electrons.